The van der Waals surface area contributed by atoms with Gasteiger partial charge in [0.15, 0.2) is 0 Å². The molecular weight excluding hydrogens is 314 g/mol. The molecule has 112 valence electrons. The van der Waals surface area contributed by atoms with Gasteiger partial charge in [-0.3, -0.25) is 4.68 Å². The van der Waals surface area contributed by atoms with Crippen LogP contribution in [0.3, 0.4) is 0 Å². The fraction of sp³-hybridized carbons (Fsp3) is 0.333. The number of imidazole rings is 1. The van der Waals surface area contributed by atoms with Gasteiger partial charge in [-0.05, 0) is 0 Å². The molecule has 2 heterocycles. The van der Waals surface area contributed by atoms with Crippen molar-refractivity contribution >= 4 is 21.6 Å². The van der Waals surface area contributed by atoms with Gasteiger partial charge >= 0.3 is 0 Å². The number of rotatable bonds is 5. The number of hydrogen-bond donors (Lipinski definition) is 0. The van der Waals surface area contributed by atoms with Crippen LogP contribution in [-0.4, -0.2) is 39.1 Å². The fourth-order valence-electron chi connectivity index (χ4n) is 1.72. The average molecular weight is 328 g/mol. The molecule has 21 heavy (non-hydrogen) atoms. The minimum absolute atomic E-state index is 0.0740. The van der Waals surface area contributed by atoms with Gasteiger partial charge in [0.25, 0.3) is 10.0 Å². The van der Waals surface area contributed by atoms with Gasteiger partial charge in [0.1, 0.15) is 11.7 Å². The Labute approximate surface area is 128 Å². The van der Waals surface area contributed by atoms with E-state index in [1.54, 1.807) is 24.1 Å². The molecule has 0 saturated heterocycles. The van der Waals surface area contributed by atoms with Crippen molar-refractivity contribution in [1.82, 2.24) is 23.6 Å². The van der Waals surface area contributed by atoms with Gasteiger partial charge in [-0.1, -0.05) is 17.5 Å². The van der Waals surface area contributed by atoms with Gasteiger partial charge in [0, 0.05) is 32.4 Å². The molecule has 0 atom stereocenters. The maximum atomic E-state index is 12.4. The number of sulfonamides is 1. The molecule has 0 N–H and O–H groups in total. The molecule has 0 aliphatic rings. The number of aryl methyl sites for hydroxylation is 1. The second-order valence-electron chi connectivity index (χ2n) is 4.46. The second kappa shape index (κ2) is 5.89. The molecule has 2 rings (SSSR count). The highest BCUT2D eigenvalue weighted by Gasteiger charge is 2.27. The van der Waals surface area contributed by atoms with Crippen LogP contribution in [0.25, 0.3) is 0 Å². The van der Waals surface area contributed by atoms with Gasteiger partial charge in [-0.15, -0.1) is 6.42 Å². The van der Waals surface area contributed by atoms with E-state index in [1.165, 1.54) is 22.2 Å². The van der Waals surface area contributed by atoms with E-state index in [1.807, 2.05) is 0 Å². The maximum absolute atomic E-state index is 12.4. The lowest BCUT2D eigenvalue weighted by Gasteiger charge is -2.14. The third-order valence-electron chi connectivity index (χ3n) is 2.83. The van der Waals surface area contributed by atoms with Crippen LogP contribution in [-0.2, 0) is 30.2 Å². The maximum Gasteiger partial charge on any atom is 0.263 e. The van der Waals surface area contributed by atoms with E-state index < -0.39 is 10.0 Å². The van der Waals surface area contributed by atoms with Crippen LogP contribution in [0.5, 0.6) is 0 Å². The highest BCUT2D eigenvalue weighted by atomic mass is 35.5. The largest absolute Gasteiger partial charge is 0.324 e. The summed E-state index contributed by atoms with van der Waals surface area (Å²) in [5, 5.41) is 3.95. The molecule has 0 aromatic carbocycles. The standard InChI is InChI=1S/C12H14ClN5O2S/c1-4-5-18-8-10(6-15-18)7-17(3)21(19,20)12-11(13)16(2)9-14-12/h1,6,8-9H,5,7H2,2-3H3. The quantitative estimate of drug-likeness (QED) is 0.759. The molecule has 0 aliphatic heterocycles. The monoisotopic (exact) mass is 327 g/mol. The zero-order valence-corrected chi connectivity index (χ0v) is 13.1. The molecule has 0 bridgehead atoms. The number of halogens is 1. The van der Waals surface area contributed by atoms with E-state index in [2.05, 4.69) is 16.0 Å². The number of terminal acetylenes is 1. The van der Waals surface area contributed by atoms with Crippen LogP contribution in [0.2, 0.25) is 5.15 Å². The summed E-state index contributed by atoms with van der Waals surface area (Å²) in [6, 6.07) is 0. The minimum atomic E-state index is -3.76. The predicted octanol–water partition coefficient (Wildman–Crippen LogP) is 0.724. The molecule has 0 aliphatic carbocycles. The molecule has 0 amide bonds. The predicted molar refractivity (Wildman–Crippen MR) is 77.9 cm³/mol. The molecule has 0 spiro atoms. The molecule has 0 radical (unpaired) electrons. The van der Waals surface area contributed by atoms with Gasteiger partial charge < -0.3 is 4.57 Å². The molecule has 0 fully saturated rings. The van der Waals surface area contributed by atoms with Crippen molar-refractivity contribution in [2.45, 2.75) is 18.1 Å². The van der Waals surface area contributed by atoms with Crippen molar-refractivity contribution < 1.29 is 8.42 Å². The third-order valence-corrected chi connectivity index (χ3v) is 5.13. The Kier molecular flexibility index (Phi) is 4.37. The smallest absolute Gasteiger partial charge is 0.263 e. The summed E-state index contributed by atoms with van der Waals surface area (Å²) < 4.78 is 29.0. The van der Waals surface area contributed by atoms with E-state index in [4.69, 9.17) is 18.0 Å². The first kappa shape index (κ1) is 15.6. The molecule has 9 heteroatoms. The Bertz CT molecular complexity index is 787. The second-order valence-corrected chi connectivity index (χ2v) is 6.78. The van der Waals surface area contributed by atoms with Crippen LogP contribution < -0.4 is 0 Å². The summed E-state index contributed by atoms with van der Waals surface area (Å²) in [5.74, 6) is 2.46. The Morgan fingerprint density at radius 3 is 2.81 bits per heavy atom. The summed E-state index contributed by atoms with van der Waals surface area (Å²) in [5.41, 5.74) is 0.725. The van der Waals surface area contributed by atoms with Crippen molar-refractivity contribution in [3.63, 3.8) is 0 Å². The van der Waals surface area contributed by atoms with Gasteiger partial charge in [0.2, 0.25) is 5.03 Å². The summed E-state index contributed by atoms with van der Waals surface area (Å²) >= 11 is 5.94. The van der Waals surface area contributed by atoms with Crippen molar-refractivity contribution in [3.8, 4) is 12.3 Å². The number of nitrogens with zero attached hydrogens (tertiary/aromatic N) is 5. The van der Waals surface area contributed by atoms with Gasteiger partial charge in [-0.2, -0.15) is 9.40 Å². The Balaban J connectivity index is 2.20. The molecule has 2 aromatic rings. The highest BCUT2D eigenvalue weighted by Crippen LogP contribution is 2.22. The minimum Gasteiger partial charge on any atom is -0.324 e. The van der Waals surface area contributed by atoms with Crippen molar-refractivity contribution in [2.24, 2.45) is 7.05 Å². The van der Waals surface area contributed by atoms with E-state index >= 15 is 0 Å². The Morgan fingerprint density at radius 1 is 1.52 bits per heavy atom. The summed E-state index contributed by atoms with van der Waals surface area (Å²) in [6.45, 7) is 0.488. The topological polar surface area (TPSA) is 73.0 Å². The number of aromatic nitrogens is 4. The van der Waals surface area contributed by atoms with E-state index in [-0.39, 0.29) is 16.7 Å². The number of hydrogen-bond acceptors (Lipinski definition) is 4. The molecule has 7 nitrogen and oxygen atoms in total. The third kappa shape index (κ3) is 3.10. The van der Waals surface area contributed by atoms with Crippen LogP contribution in [0.15, 0.2) is 23.7 Å². The Morgan fingerprint density at radius 2 is 2.24 bits per heavy atom. The molecule has 0 unspecified atom stereocenters. The summed E-state index contributed by atoms with van der Waals surface area (Å²) in [7, 11) is -0.678. The van der Waals surface area contributed by atoms with Crippen LogP contribution in [0, 0.1) is 12.3 Å². The zero-order valence-electron chi connectivity index (χ0n) is 11.6. The zero-order chi connectivity index (χ0) is 15.6. The van der Waals surface area contributed by atoms with E-state index in [0.717, 1.165) is 5.56 Å². The first-order chi connectivity index (χ1) is 9.86. The van der Waals surface area contributed by atoms with E-state index in [0.29, 0.717) is 6.54 Å². The fourth-order valence-corrected chi connectivity index (χ4v) is 3.26. The molecule has 0 saturated carbocycles. The van der Waals surface area contributed by atoms with Crippen molar-refractivity contribution in [1.29, 1.82) is 0 Å². The SMILES string of the molecule is C#CCn1cc(CN(C)S(=O)(=O)c2ncn(C)c2Cl)cn1. The lowest BCUT2D eigenvalue weighted by atomic mass is 10.4. The van der Waals surface area contributed by atoms with Crippen LogP contribution in [0.1, 0.15) is 5.56 Å². The first-order valence-corrected chi connectivity index (χ1v) is 7.76. The first-order valence-electron chi connectivity index (χ1n) is 5.94. The molecule has 2 aromatic heterocycles. The summed E-state index contributed by atoms with van der Waals surface area (Å²) in [4.78, 5) is 3.84. The van der Waals surface area contributed by atoms with Crippen molar-refractivity contribution in [2.75, 3.05) is 7.05 Å². The van der Waals surface area contributed by atoms with Gasteiger partial charge in [-0.25, -0.2) is 13.4 Å². The van der Waals surface area contributed by atoms with Crippen LogP contribution in [0.4, 0.5) is 0 Å². The van der Waals surface area contributed by atoms with Crippen molar-refractivity contribution in [3.05, 3.63) is 29.4 Å². The average Bonchev–Trinajstić information content (AvgIpc) is 2.99. The lowest BCUT2D eigenvalue weighted by Crippen LogP contribution is -2.27. The van der Waals surface area contributed by atoms with E-state index in [9.17, 15) is 8.42 Å². The molecular formula is C12H14ClN5O2S. The van der Waals surface area contributed by atoms with Crippen LogP contribution >= 0.6 is 11.6 Å². The highest BCUT2D eigenvalue weighted by molar-refractivity contribution is 7.89. The van der Waals surface area contributed by atoms with Gasteiger partial charge in [0.05, 0.1) is 12.5 Å². The Hall–Kier alpha value is -1.82. The lowest BCUT2D eigenvalue weighted by molar-refractivity contribution is 0.464. The summed E-state index contributed by atoms with van der Waals surface area (Å²) in [6.07, 6.45) is 9.82. The normalized spacial score (nSPS) is 11.8.